The maximum atomic E-state index is 13.1. The molecule has 0 bridgehead atoms. The maximum Gasteiger partial charge on any atom is 0.241 e. The molecule has 0 aliphatic rings. The van der Waals surface area contributed by atoms with E-state index in [2.05, 4.69) is 10.0 Å². The average Bonchev–Trinajstić information content (AvgIpc) is 2.68. The van der Waals surface area contributed by atoms with Crippen molar-refractivity contribution in [3.8, 4) is 11.5 Å². The number of carbonyl (C=O) groups is 1. The Balaban J connectivity index is 1.85. The summed E-state index contributed by atoms with van der Waals surface area (Å²) < 4.78 is 49.9. The van der Waals surface area contributed by atoms with Gasteiger partial charge in [-0.05, 0) is 42.3 Å². The van der Waals surface area contributed by atoms with E-state index in [1.165, 1.54) is 7.11 Å². The highest BCUT2D eigenvalue weighted by Crippen LogP contribution is 2.27. The van der Waals surface area contributed by atoms with Crippen LogP contribution in [0.25, 0.3) is 0 Å². The van der Waals surface area contributed by atoms with E-state index in [0.717, 1.165) is 23.8 Å². The monoisotopic (exact) mass is 430 g/mol. The third-order valence-electron chi connectivity index (χ3n) is 3.81. The molecule has 1 amide bonds. The Morgan fingerprint density at radius 1 is 1.11 bits per heavy atom. The van der Waals surface area contributed by atoms with Crippen molar-refractivity contribution >= 4 is 27.5 Å². The van der Waals surface area contributed by atoms with Gasteiger partial charge in [0.05, 0.1) is 30.7 Å². The molecule has 2 N–H and O–H groups in total. The number of rotatable bonds is 9. The van der Waals surface area contributed by atoms with Gasteiger partial charge in [-0.25, -0.2) is 17.5 Å². The topological polar surface area (TPSA) is 93.7 Å². The van der Waals surface area contributed by atoms with Crippen LogP contribution in [0.2, 0.25) is 5.02 Å². The first-order valence-corrected chi connectivity index (χ1v) is 10.0. The third kappa shape index (κ3) is 5.82. The molecule has 0 radical (unpaired) electrons. The van der Waals surface area contributed by atoms with Gasteiger partial charge in [0.15, 0.2) is 11.5 Å². The second-order valence-corrected chi connectivity index (χ2v) is 7.86. The lowest BCUT2D eigenvalue weighted by Gasteiger charge is -2.10. The standard InChI is InChI=1S/C18H20ClFN2O5S/c1-26-16-6-3-12(9-17(16)27-2)7-8-21-18(23)11-22-28(24,25)13-4-5-15(20)14(19)10-13/h3-6,9-10,22H,7-8,11H2,1-2H3,(H,21,23). The molecule has 0 spiro atoms. The average molecular weight is 431 g/mol. The first-order valence-electron chi connectivity index (χ1n) is 8.19. The van der Waals surface area contributed by atoms with Crippen LogP contribution in [-0.2, 0) is 21.2 Å². The SMILES string of the molecule is COc1ccc(CCNC(=O)CNS(=O)(=O)c2ccc(F)c(Cl)c2)cc1OC. The lowest BCUT2D eigenvalue weighted by Crippen LogP contribution is -2.37. The maximum absolute atomic E-state index is 13.1. The summed E-state index contributed by atoms with van der Waals surface area (Å²) in [6.07, 6.45) is 0.520. The highest BCUT2D eigenvalue weighted by Gasteiger charge is 2.17. The third-order valence-corrected chi connectivity index (χ3v) is 5.50. The Hall–Kier alpha value is -2.36. The fourth-order valence-electron chi connectivity index (χ4n) is 2.33. The van der Waals surface area contributed by atoms with E-state index in [4.69, 9.17) is 21.1 Å². The normalized spacial score (nSPS) is 11.1. The van der Waals surface area contributed by atoms with Gasteiger partial charge >= 0.3 is 0 Å². The van der Waals surface area contributed by atoms with E-state index in [1.54, 1.807) is 19.2 Å². The summed E-state index contributed by atoms with van der Waals surface area (Å²) in [4.78, 5) is 11.7. The fraction of sp³-hybridized carbons (Fsp3) is 0.278. The van der Waals surface area contributed by atoms with Crippen LogP contribution in [0.5, 0.6) is 11.5 Å². The number of hydrogen-bond donors (Lipinski definition) is 2. The van der Waals surface area contributed by atoms with Crippen LogP contribution in [-0.4, -0.2) is 41.6 Å². The van der Waals surface area contributed by atoms with Crippen LogP contribution < -0.4 is 19.5 Å². The Morgan fingerprint density at radius 3 is 2.46 bits per heavy atom. The molecule has 0 heterocycles. The fourth-order valence-corrected chi connectivity index (χ4v) is 3.59. The largest absolute Gasteiger partial charge is 0.493 e. The van der Waals surface area contributed by atoms with Gasteiger partial charge in [0, 0.05) is 6.54 Å². The minimum atomic E-state index is -3.98. The molecule has 0 unspecified atom stereocenters. The van der Waals surface area contributed by atoms with Gasteiger partial charge in [-0.2, -0.15) is 0 Å². The van der Waals surface area contributed by atoms with Crippen molar-refractivity contribution in [3.63, 3.8) is 0 Å². The molecule has 152 valence electrons. The van der Waals surface area contributed by atoms with E-state index in [1.807, 2.05) is 6.07 Å². The highest BCUT2D eigenvalue weighted by atomic mass is 35.5. The number of amides is 1. The van der Waals surface area contributed by atoms with Crippen LogP contribution in [0, 0.1) is 5.82 Å². The van der Waals surface area contributed by atoms with Gasteiger partial charge < -0.3 is 14.8 Å². The summed E-state index contributed by atoms with van der Waals surface area (Å²) in [5.41, 5.74) is 0.916. The molecular formula is C18H20ClFN2O5S. The van der Waals surface area contributed by atoms with Crippen LogP contribution in [0.15, 0.2) is 41.3 Å². The summed E-state index contributed by atoms with van der Waals surface area (Å²) in [5, 5.41) is 2.30. The Kier molecular flexibility index (Phi) is 7.61. The number of benzene rings is 2. The Morgan fingerprint density at radius 2 is 1.82 bits per heavy atom. The minimum absolute atomic E-state index is 0.225. The van der Waals surface area contributed by atoms with Crippen molar-refractivity contribution in [3.05, 3.63) is 52.8 Å². The summed E-state index contributed by atoms with van der Waals surface area (Å²) in [6, 6.07) is 8.39. The molecule has 0 saturated carbocycles. The molecule has 2 aromatic rings. The van der Waals surface area contributed by atoms with Crippen LogP contribution in [0.1, 0.15) is 5.56 Å². The summed E-state index contributed by atoms with van der Waals surface area (Å²) in [7, 11) is -0.909. The summed E-state index contributed by atoms with van der Waals surface area (Å²) >= 11 is 5.59. The second kappa shape index (κ2) is 9.72. The molecular weight excluding hydrogens is 411 g/mol. The summed E-state index contributed by atoms with van der Waals surface area (Å²) in [5.74, 6) is -0.0478. The number of halogens is 2. The zero-order valence-electron chi connectivity index (χ0n) is 15.3. The van der Waals surface area contributed by atoms with Gasteiger partial charge in [-0.1, -0.05) is 17.7 Å². The van der Waals surface area contributed by atoms with Gasteiger partial charge in [-0.3, -0.25) is 4.79 Å². The zero-order chi connectivity index (χ0) is 20.7. The van der Waals surface area contributed by atoms with Crippen LogP contribution >= 0.6 is 11.6 Å². The first kappa shape index (κ1) is 21.9. The molecule has 2 aromatic carbocycles. The predicted octanol–water partition coefficient (Wildman–Crippen LogP) is 2.13. The zero-order valence-corrected chi connectivity index (χ0v) is 16.9. The number of ether oxygens (including phenoxy) is 2. The molecule has 0 aromatic heterocycles. The van der Waals surface area contributed by atoms with Crippen molar-refractivity contribution < 1.29 is 27.1 Å². The van der Waals surface area contributed by atoms with Gasteiger partial charge in [0.25, 0.3) is 0 Å². The number of nitrogens with one attached hydrogen (secondary N) is 2. The Labute approximate surface area is 167 Å². The molecule has 0 saturated heterocycles. The quantitative estimate of drug-likeness (QED) is 0.635. The molecule has 7 nitrogen and oxygen atoms in total. The number of sulfonamides is 1. The van der Waals surface area contributed by atoms with Crippen molar-refractivity contribution in [1.82, 2.24) is 10.0 Å². The van der Waals surface area contributed by atoms with Crippen molar-refractivity contribution in [2.24, 2.45) is 0 Å². The van der Waals surface area contributed by atoms with E-state index in [0.29, 0.717) is 24.5 Å². The molecule has 10 heteroatoms. The number of hydrogen-bond acceptors (Lipinski definition) is 5. The van der Waals surface area contributed by atoms with Gasteiger partial charge in [0.2, 0.25) is 15.9 Å². The lowest BCUT2D eigenvalue weighted by molar-refractivity contribution is -0.119. The highest BCUT2D eigenvalue weighted by molar-refractivity contribution is 7.89. The predicted molar refractivity (Wildman–Crippen MR) is 103 cm³/mol. The molecule has 28 heavy (non-hydrogen) atoms. The molecule has 2 rings (SSSR count). The van der Waals surface area contributed by atoms with E-state index in [-0.39, 0.29) is 9.92 Å². The van der Waals surface area contributed by atoms with Crippen LogP contribution in [0.3, 0.4) is 0 Å². The Bertz CT molecular complexity index is 953. The molecule has 0 aliphatic carbocycles. The van der Waals surface area contributed by atoms with Gasteiger partial charge in [0.1, 0.15) is 5.82 Å². The number of methoxy groups -OCH3 is 2. The lowest BCUT2D eigenvalue weighted by atomic mass is 10.1. The first-order chi connectivity index (χ1) is 13.3. The van der Waals surface area contributed by atoms with Crippen molar-refractivity contribution in [1.29, 1.82) is 0 Å². The molecule has 0 fully saturated rings. The van der Waals surface area contributed by atoms with Crippen LogP contribution in [0.4, 0.5) is 4.39 Å². The van der Waals surface area contributed by atoms with Gasteiger partial charge in [-0.15, -0.1) is 0 Å². The van der Waals surface area contributed by atoms with E-state index < -0.39 is 28.3 Å². The molecule has 0 aliphatic heterocycles. The van der Waals surface area contributed by atoms with Crippen molar-refractivity contribution in [2.75, 3.05) is 27.3 Å². The second-order valence-electron chi connectivity index (χ2n) is 5.69. The summed E-state index contributed by atoms with van der Waals surface area (Å²) in [6.45, 7) is -0.151. The minimum Gasteiger partial charge on any atom is -0.493 e. The van der Waals surface area contributed by atoms with E-state index in [9.17, 15) is 17.6 Å². The number of carbonyl (C=O) groups excluding carboxylic acids is 1. The van der Waals surface area contributed by atoms with Crippen molar-refractivity contribution in [2.45, 2.75) is 11.3 Å². The smallest absolute Gasteiger partial charge is 0.241 e. The molecule has 0 atom stereocenters. The van der Waals surface area contributed by atoms with E-state index >= 15 is 0 Å².